The van der Waals surface area contributed by atoms with Gasteiger partial charge in [-0.2, -0.15) is 5.26 Å². The molecule has 0 radical (unpaired) electrons. The molecule has 0 saturated carbocycles. The molecule has 2 atom stereocenters. The standard InChI is InChI=1S/C17H18N2OS2/c18-10-13-7-4-8-15(17(13)21)22-16(9-14(19)11-20)12-5-2-1-3-6-12/h1-8,14,16,20-21H,9,11,19H2/t14-,16+/m0/s1. The third-order valence-corrected chi connectivity index (χ3v) is 5.29. The zero-order valence-corrected chi connectivity index (χ0v) is 13.7. The van der Waals surface area contributed by atoms with Gasteiger partial charge in [-0.05, 0) is 24.1 Å². The molecular formula is C17H18N2OS2. The third kappa shape index (κ3) is 4.28. The van der Waals surface area contributed by atoms with E-state index in [9.17, 15) is 5.11 Å². The van der Waals surface area contributed by atoms with Gasteiger partial charge in [0.2, 0.25) is 0 Å². The molecule has 0 saturated heterocycles. The molecule has 0 aliphatic rings. The number of thioether (sulfide) groups is 1. The monoisotopic (exact) mass is 330 g/mol. The number of aliphatic hydroxyl groups excluding tert-OH is 1. The van der Waals surface area contributed by atoms with Crippen molar-refractivity contribution in [3.05, 3.63) is 59.7 Å². The van der Waals surface area contributed by atoms with Crippen molar-refractivity contribution in [2.24, 2.45) is 5.73 Å². The molecule has 0 bridgehead atoms. The fraction of sp³-hybridized carbons (Fsp3) is 0.235. The van der Waals surface area contributed by atoms with Crippen molar-refractivity contribution < 1.29 is 5.11 Å². The molecule has 3 nitrogen and oxygen atoms in total. The third-order valence-electron chi connectivity index (χ3n) is 3.31. The van der Waals surface area contributed by atoms with Gasteiger partial charge in [-0.25, -0.2) is 0 Å². The fourth-order valence-corrected chi connectivity index (χ4v) is 3.81. The van der Waals surface area contributed by atoms with Crippen molar-refractivity contribution in [2.45, 2.75) is 27.5 Å². The molecule has 0 unspecified atom stereocenters. The Morgan fingerprint density at radius 3 is 2.55 bits per heavy atom. The first-order valence-electron chi connectivity index (χ1n) is 6.95. The second kappa shape index (κ2) is 8.25. The van der Waals surface area contributed by atoms with E-state index in [0.717, 1.165) is 10.5 Å². The second-order valence-corrected chi connectivity index (χ2v) is 6.65. The largest absolute Gasteiger partial charge is 0.395 e. The van der Waals surface area contributed by atoms with Crippen LogP contribution in [0.2, 0.25) is 0 Å². The molecule has 0 aromatic heterocycles. The molecule has 0 aliphatic carbocycles. The predicted octanol–water partition coefficient (Wildman–Crippen LogP) is 3.39. The van der Waals surface area contributed by atoms with Gasteiger partial charge in [-0.15, -0.1) is 24.4 Å². The van der Waals surface area contributed by atoms with Crippen LogP contribution in [-0.2, 0) is 0 Å². The highest BCUT2D eigenvalue weighted by Crippen LogP contribution is 2.41. The van der Waals surface area contributed by atoms with E-state index in [0.29, 0.717) is 16.9 Å². The molecule has 0 heterocycles. The summed E-state index contributed by atoms with van der Waals surface area (Å²) in [5.41, 5.74) is 7.63. The highest BCUT2D eigenvalue weighted by molar-refractivity contribution is 8.00. The van der Waals surface area contributed by atoms with Gasteiger partial charge in [0.25, 0.3) is 0 Å². The van der Waals surface area contributed by atoms with Gasteiger partial charge in [-0.1, -0.05) is 36.4 Å². The Balaban J connectivity index is 2.29. The zero-order valence-electron chi connectivity index (χ0n) is 12.0. The predicted molar refractivity (Wildman–Crippen MR) is 93.1 cm³/mol. The molecule has 2 aromatic carbocycles. The van der Waals surface area contributed by atoms with Crippen LogP contribution in [-0.4, -0.2) is 17.8 Å². The van der Waals surface area contributed by atoms with Crippen LogP contribution in [0.3, 0.4) is 0 Å². The lowest BCUT2D eigenvalue weighted by atomic mass is 10.1. The van der Waals surface area contributed by atoms with E-state index >= 15 is 0 Å². The summed E-state index contributed by atoms with van der Waals surface area (Å²) in [6.45, 7) is -0.0458. The number of rotatable bonds is 6. The average molecular weight is 330 g/mol. The van der Waals surface area contributed by atoms with Crippen LogP contribution in [0, 0.1) is 11.3 Å². The summed E-state index contributed by atoms with van der Waals surface area (Å²) in [4.78, 5) is 1.63. The molecular weight excluding hydrogens is 312 g/mol. The van der Waals surface area contributed by atoms with Crippen molar-refractivity contribution in [3.8, 4) is 6.07 Å². The summed E-state index contributed by atoms with van der Waals surface area (Å²) in [6, 6.07) is 17.5. The molecule has 3 N–H and O–H groups in total. The molecule has 0 fully saturated rings. The smallest absolute Gasteiger partial charge is 0.100 e. The van der Waals surface area contributed by atoms with E-state index in [1.807, 2.05) is 42.5 Å². The number of nitrogens with two attached hydrogens (primary N) is 1. The molecule has 0 spiro atoms. The van der Waals surface area contributed by atoms with Crippen LogP contribution in [0.1, 0.15) is 22.8 Å². The van der Waals surface area contributed by atoms with Gasteiger partial charge in [0.15, 0.2) is 0 Å². The normalized spacial score (nSPS) is 13.4. The van der Waals surface area contributed by atoms with Crippen molar-refractivity contribution in [1.29, 1.82) is 5.26 Å². The number of nitriles is 1. The Morgan fingerprint density at radius 2 is 1.91 bits per heavy atom. The summed E-state index contributed by atoms with van der Waals surface area (Å²) < 4.78 is 0. The first kappa shape index (κ1) is 16.9. The Kier molecular flexibility index (Phi) is 6.34. The van der Waals surface area contributed by atoms with E-state index < -0.39 is 0 Å². The topological polar surface area (TPSA) is 70.0 Å². The molecule has 22 heavy (non-hydrogen) atoms. The molecule has 114 valence electrons. The minimum atomic E-state index is -0.278. The van der Waals surface area contributed by atoms with Crippen LogP contribution in [0.5, 0.6) is 0 Å². The van der Waals surface area contributed by atoms with Crippen LogP contribution in [0.15, 0.2) is 58.3 Å². The quantitative estimate of drug-likeness (QED) is 0.561. The number of hydrogen-bond acceptors (Lipinski definition) is 5. The maximum absolute atomic E-state index is 9.24. The number of nitrogens with zero attached hydrogens (tertiary/aromatic N) is 1. The maximum Gasteiger partial charge on any atom is 0.100 e. The van der Waals surface area contributed by atoms with Gasteiger partial charge in [0.05, 0.1) is 12.2 Å². The van der Waals surface area contributed by atoms with Crippen LogP contribution in [0.25, 0.3) is 0 Å². The summed E-state index contributed by atoms with van der Waals surface area (Å²) >= 11 is 6.09. The lowest BCUT2D eigenvalue weighted by Crippen LogP contribution is -2.26. The molecule has 2 aromatic rings. The molecule has 5 heteroatoms. The molecule has 2 rings (SSSR count). The first-order chi connectivity index (χ1) is 10.7. The Hall–Kier alpha value is -1.45. The van der Waals surface area contributed by atoms with Crippen molar-refractivity contribution >= 4 is 24.4 Å². The van der Waals surface area contributed by atoms with Gasteiger partial charge in [0, 0.05) is 21.1 Å². The second-order valence-electron chi connectivity index (χ2n) is 4.96. The van der Waals surface area contributed by atoms with E-state index in [1.54, 1.807) is 17.8 Å². The van der Waals surface area contributed by atoms with E-state index in [2.05, 4.69) is 18.7 Å². The van der Waals surface area contributed by atoms with Crippen LogP contribution < -0.4 is 5.73 Å². The number of aliphatic hydroxyl groups is 1. The SMILES string of the molecule is N#Cc1cccc(S[C@H](C[C@H](N)CO)c2ccccc2)c1S. The lowest BCUT2D eigenvalue weighted by Gasteiger charge is -2.21. The highest BCUT2D eigenvalue weighted by Gasteiger charge is 2.18. The first-order valence-corrected chi connectivity index (χ1v) is 8.28. The minimum absolute atomic E-state index is 0.0458. The zero-order chi connectivity index (χ0) is 15.9. The molecule has 0 aliphatic heterocycles. The van der Waals surface area contributed by atoms with E-state index in [-0.39, 0.29) is 17.9 Å². The van der Waals surface area contributed by atoms with Crippen molar-refractivity contribution in [2.75, 3.05) is 6.61 Å². The van der Waals surface area contributed by atoms with E-state index in [1.165, 1.54) is 0 Å². The Morgan fingerprint density at radius 1 is 1.18 bits per heavy atom. The van der Waals surface area contributed by atoms with Gasteiger partial charge >= 0.3 is 0 Å². The van der Waals surface area contributed by atoms with Crippen LogP contribution in [0.4, 0.5) is 0 Å². The van der Waals surface area contributed by atoms with Crippen molar-refractivity contribution in [3.63, 3.8) is 0 Å². The summed E-state index contributed by atoms with van der Waals surface area (Å²) in [5, 5.41) is 18.5. The maximum atomic E-state index is 9.24. The summed E-state index contributed by atoms with van der Waals surface area (Å²) in [7, 11) is 0. The number of hydrogen-bond donors (Lipinski definition) is 3. The Bertz CT molecular complexity index is 655. The Labute approximate surface area is 140 Å². The fourth-order valence-electron chi connectivity index (χ4n) is 2.13. The average Bonchev–Trinajstić information content (AvgIpc) is 2.56. The number of benzene rings is 2. The summed E-state index contributed by atoms with van der Waals surface area (Å²) in [6.07, 6.45) is 0.648. The summed E-state index contributed by atoms with van der Waals surface area (Å²) in [5.74, 6) is 0. The molecule has 0 amide bonds. The minimum Gasteiger partial charge on any atom is -0.395 e. The van der Waals surface area contributed by atoms with Gasteiger partial charge in [-0.3, -0.25) is 0 Å². The number of thiol groups is 1. The van der Waals surface area contributed by atoms with Crippen molar-refractivity contribution in [1.82, 2.24) is 0 Å². The lowest BCUT2D eigenvalue weighted by molar-refractivity contribution is 0.259. The van der Waals surface area contributed by atoms with Gasteiger partial charge in [0.1, 0.15) is 6.07 Å². The van der Waals surface area contributed by atoms with Gasteiger partial charge < -0.3 is 10.8 Å². The highest BCUT2D eigenvalue weighted by atomic mass is 32.2. The van der Waals surface area contributed by atoms with E-state index in [4.69, 9.17) is 11.0 Å². The van der Waals surface area contributed by atoms with Crippen LogP contribution >= 0.6 is 24.4 Å².